The summed E-state index contributed by atoms with van der Waals surface area (Å²) in [5.41, 5.74) is 1.14. The van der Waals surface area contributed by atoms with Crippen LogP contribution in [0.5, 0.6) is 0 Å². The standard InChI is InChI=1S/C23H21N3O4S/c1-2-24-21(28)16-8-6-9-17(14-16)26-20(27)15-30-23(29)19-12-7-13-25-22(19)31-18-10-4-3-5-11-18/h3-14H,2,15H2,1H3,(H,24,28)(H,26,27). The molecule has 0 bridgehead atoms. The van der Waals surface area contributed by atoms with E-state index in [9.17, 15) is 14.4 Å². The average Bonchev–Trinajstić information content (AvgIpc) is 2.79. The minimum Gasteiger partial charge on any atom is -0.452 e. The lowest BCUT2D eigenvalue weighted by molar-refractivity contribution is -0.119. The average molecular weight is 436 g/mol. The summed E-state index contributed by atoms with van der Waals surface area (Å²) in [7, 11) is 0. The van der Waals surface area contributed by atoms with E-state index < -0.39 is 18.5 Å². The number of carbonyl (C=O) groups excluding carboxylic acids is 3. The molecule has 0 aliphatic heterocycles. The first-order valence-corrected chi connectivity index (χ1v) is 10.4. The second-order valence-corrected chi connectivity index (χ2v) is 7.40. The number of anilines is 1. The summed E-state index contributed by atoms with van der Waals surface area (Å²) in [5, 5.41) is 5.81. The molecule has 2 N–H and O–H groups in total. The van der Waals surface area contributed by atoms with Gasteiger partial charge in [-0.05, 0) is 49.4 Å². The van der Waals surface area contributed by atoms with Gasteiger partial charge in [0.1, 0.15) is 5.03 Å². The maximum atomic E-state index is 12.5. The fourth-order valence-corrected chi connectivity index (χ4v) is 3.53. The molecule has 31 heavy (non-hydrogen) atoms. The first kappa shape index (κ1) is 22.0. The fourth-order valence-electron chi connectivity index (χ4n) is 2.63. The molecule has 1 aromatic heterocycles. The number of nitrogens with one attached hydrogen (secondary N) is 2. The van der Waals surface area contributed by atoms with Crippen molar-refractivity contribution in [1.29, 1.82) is 0 Å². The third kappa shape index (κ3) is 6.42. The number of hydrogen-bond acceptors (Lipinski definition) is 6. The number of amides is 2. The van der Waals surface area contributed by atoms with Crippen LogP contribution in [0.3, 0.4) is 0 Å². The minimum atomic E-state index is -0.641. The highest BCUT2D eigenvalue weighted by Gasteiger charge is 2.16. The maximum absolute atomic E-state index is 12.5. The van der Waals surface area contributed by atoms with Gasteiger partial charge < -0.3 is 15.4 Å². The van der Waals surface area contributed by atoms with E-state index in [1.807, 2.05) is 37.3 Å². The molecule has 0 unspecified atom stereocenters. The van der Waals surface area contributed by atoms with E-state index in [2.05, 4.69) is 15.6 Å². The highest BCUT2D eigenvalue weighted by Crippen LogP contribution is 2.28. The molecule has 8 heteroatoms. The fraction of sp³-hybridized carbons (Fsp3) is 0.130. The molecule has 0 radical (unpaired) electrons. The highest BCUT2D eigenvalue weighted by atomic mass is 32.2. The lowest BCUT2D eigenvalue weighted by atomic mass is 10.2. The monoisotopic (exact) mass is 435 g/mol. The molecular formula is C23H21N3O4S. The first-order valence-electron chi connectivity index (χ1n) is 9.60. The van der Waals surface area contributed by atoms with Crippen molar-refractivity contribution in [2.24, 2.45) is 0 Å². The second-order valence-electron chi connectivity index (χ2n) is 6.34. The molecule has 1 heterocycles. The maximum Gasteiger partial charge on any atom is 0.341 e. The van der Waals surface area contributed by atoms with Crippen LogP contribution in [0.25, 0.3) is 0 Å². The van der Waals surface area contributed by atoms with Gasteiger partial charge in [0, 0.05) is 28.9 Å². The van der Waals surface area contributed by atoms with Crippen molar-refractivity contribution in [3.8, 4) is 0 Å². The molecule has 2 aromatic carbocycles. The summed E-state index contributed by atoms with van der Waals surface area (Å²) >= 11 is 1.34. The summed E-state index contributed by atoms with van der Waals surface area (Å²) < 4.78 is 5.17. The number of aromatic nitrogens is 1. The van der Waals surface area contributed by atoms with Crippen LogP contribution in [0.4, 0.5) is 5.69 Å². The SMILES string of the molecule is CCNC(=O)c1cccc(NC(=O)COC(=O)c2cccnc2Sc2ccccc2)c1. The van der Waals surface area contributed by atoms with Crippen LogP contribution in [0.1, 0.15) is 27.6 Å². The Balaban J connectivity index is 1.59. The second kappa shape index (κ2) is 10.9. The molecule has 7 nitrogen and oxygen atoms in total. The molecule has 0 aliphatic carbocycles. The number of benzene rings is 2. The van der Waals surface area contributed by atoms with Crippen LogP contribution in [0.2, 0.25) is 0 Å². The molecule has 3 aromatic rings. The van der Waals surface area contributed by atoms with Crippen molar-refractivity contribution in [2.75, 3.05) is 18.5 Å². The summed E-state index contributed by atoms with van der Waals surface area (Å²) in [6, 6.07) is 19.3. The van der Waals surface area contributed by atoms with E-state index in [0.717, 1.165) is 4.90 Å². The number of pyridine rings is 1. The number of esters is 1. The van der Waals surface area contributed by atoms with E-state index in [0.29, 0.717) is 22.8 Å². The Kier molecular flexibility index (Phi) is 7.78. The minimum absolute atomic E-state index is 0.231. The van der Waals surface area contributed by atoms with Gasteiger partial charge in [-0.1, -0.05) is 36.0 Å². The van der Waals surface area contributed by atoms with E-state index in [-0.39, 0.29) is 11.5 Å². The van der Waals surface area contributed by atoms with Crippen LogP contribution in [0, 0.1) is 0 Å². The Morgan fingerprint density at radius 1 is 1.00 bits per heavy atom. The summed E-state index contributed by atoms with van der Waals surface area (Å²) in [5.74, 6) is -1.38. The zero-order valence-corrected chi connectivity index (χ0v) is 17.6. The van der Waals surface area contributed by atoms with Gasteiger partial charge in [0.25, 0.3) is 11.8 Å². The molecule has 0 fully saturated rings. The van der Waals surface area contributed by atoms with Gasteiger partial charge in [0.2, 0.25) is 0 Å². The van der Waals surface area contributed by atoms with E-state index >= 15 is 0 Å². The van der Waals surface area contributed by atoms with E-state index in [1.54, 1.807) is 42.6 Å². The largest absolute Gasteiger partial charge is 0.452 e. The number of rotatable bonds is 8. The molecule has 0 saturated heterocycles. The predicted octanol–water partition coefficient (Wildman–Crippen LogP) is 3.78. The normalized spacial score (nSPS) is 10.2. The van der Waals surface area contributed by atoms with Gasteiger partial charge in [-0.3, -0.25) is 9.59 Å². The van der Waals surface area contributed by atoms with Gasteiger partial charge in [-0.25, -0.2) is 9.78 Å². The quantitative estimate of drug-likeness (QED) is 0.523. The molecule has 0 spiro atoms. The van der Waals surface area contributed by atoms with Crippen molar-refractivity contribution in [3.63, 3.8) is 0 Å². The molecular weight excluding hydrogens is 414 g/mol. The number of ether oxygens (including phenoxy) is 1. The lowest BCUT2D eigenvalue weighted by Crippen LogP contribution is -2.23. The third-order valence-electron chi connectivity index (χ3n) is 4.03. The Labute approximate surface area is 184 Å². The highest BCUT2D eigenvalue weighted by molar-refractivity contribution is 7.99. The first-order chi connectivity index (χ1) is 15.1. The molecule has 3 rings (SSSR count). The zero-order valence-electron chi connectivity index (χ0n) is 16.8. The Morgan fingerprint density at radius 3 is 2.58 bits per heavy atom. The Hall–Kier alpha value is -3.65. The molecule has 158 valence electrons. The van der Waals surface area contributed by atoms with E-state index in [4.69, 9.17) is 4.74 Å². The van der Waals surface area contributed by atoms with Crippen LogP contribution in [-0.2, 0) is 9.53 Å². The van der Waals surface area contributed by atoms with Crippen molar-refractivity contribution < 1.29 is 19.1 Å². The molecule has 0 atom stereocenters. The van der Waals surface area contributed by atoms with Gasteiger partial charge in [0.05, 0.1) is 5.56 Å². The van der Waals surface area contributed by atoms with Crippen LogP contribution in [0.15, 0.2) is 82.8 Å². The van der Waals surface area contributed by atoms with Crippen molar-refractivity contribution in [2.45, 2.75) is 16.8 Å². The van der Waals surface area contributed by atoms with E-state index in [1.165, 1.54) is 11.8 Å². The van der Waals surface area contributed by atoms with Crippen molar-refractivity contribution >= 4 is 35.2 Å². The summed E-state index contributed by atoms with van der Waals surface area (Å²) in [4.78, 5) is 41.8. The number of hydrogen-bond donors (Lipinski definition) is 2. The molecule has 0 aliphatic rings. The number of nitrogens with zero attached hydrogens (tertiary/aromatic N) is 1. The Bertz CT molecular complexity index is 1070. The lowest BCUT2D eigenvalue weighted by Gasteiger charge is -2.10. The van der Waals surface area contributed by atoms with Crippen molar-refractivity contribution in [3.05, 3.63) is 84.1 Å². The number of carbonyl (C=O) groups is 3. The third-order valence-corrected chi connectivity index (χ3v) is 5.06. The molecule has 2 amide bonds. The van der Waals surface area contributed by atoms with Gasteiger partial charge in [-0.15, -0.1) is 0 Å². The van der Waals surface area contributed by atoms with Gasteiger partial charge >= 0.3 is 5.97 Å². The predicted molar refractivity (Wildman–Crippen MR) is 118 cm³/mol. The van der Waals surface area contributed by atoms with Crippen LogP contribution >= 0.6 is 11.8 Å². The van der Waals surface area contributed by atoms with Gasteiger partial charge in [0.15, 0.2) is 6.61 Å². The van der Waals surface area contributed by atoms with Crippen molar-refractivity contribution in [1.82, 2.24) is 10.3 Å². The van der Waals surface area contributed by atoms with Crippen LogP contribution < -0.4 is 10.6 Å². The van der Waals surface area contributed by atoms with Gasteiger partial charge in [-0.2, -0.15) is 0 Å². The molecule has 0 saturated carbocycles. The zero-order chi connectivity index (χ0) is 22.1. The summed E-state index contributed by atoms with van der Waals surface area (Å²) in [6.45, 7) is 1.86. The summed E-state index contributed by atoms with van der Waals surface area (Å²) in [6.07, 6.45) is 1.59. The topological polar surface area (TPSA) is 97.4 Å². The van der Waals surface area contributed by atoms with Crippen LogP contribution in [-0.4, -0.2) is 35.9 Å². The smallest absolute Gasteiger partial charge is 0.341 e. The Morgan fingerprint density at radius 2 is 1.81 bits per heavy atom.